The van der Waals surface area contributed by atoms with Crippen molar-refractivity contribution in [1.29, 1.82) is 0 Å². The Morgan fingerprint density at radius 2 is 1.50 bits per heavy atom. The Morgan fingerprint density at radius 3 is 1.95 bits per heavy atom. The predicted molar refractivity (Wildman–Crippen MR) is 86.7 cm³/mol. The van der Waals surface area contributed by atoms with Crippen LogP contribution in [0.1, 0.15) is 57.8 Å². The standard InChI is InChI=1S/C19H32O/c1-4-6-19(16-9-7-15(5-2)8-10-16)17-11-13-18(20-3)14-12-17/h4-5,15-19H,1-2,6-14H2,3H3/t15?,16?,17-,18-,19?. The van der Waals surface area contributed by atoms with E-state index >= 15 is 0 Å². The number of methoxy groups -OCH3 is 1. The van der Waals surface area contributed by atoms with E-state index in [9.17, 15) is 0 Å². The summed E-state index contributed by atoms with van der Waals surface area (Å²) in [7, 11) is 1.86. The lowest BCUT2D eigenvalue weighted by molar-refractivity contribution is 0.0342. The lowest BCUT2D eigenvalue weighted by Crippen LogP contribution is -2.31. The van der Waals surface area contributed by atoms with Crippen LogP contribution in [0.25, 0.3) is 0 Å². The maximum Gasteiger partial charge on any atom is 0.0571 e. The molecule has 0 aromatic heterocycles. The Hall–Kier alpha value is -0.560. The quantitative estimate of drug-likeness (QED) is 0.592. The van der Waals surface area contributed by atoms with Crippen LogP contribution in [0.2, 0.25) is 0 Å². The Labute approximate surface area is 125 Å². The lowest BCUT2D eigenvalue weighted by Gasteiger charge is -2.40. The monoisotopic (exact) mass is 276 g/mol. The van der Waals surface area contributed by atoms with Crippen LogP contribution in [0.4, 0.5) is 0 Å². The van der Waals surface area contributed by atoms with Crippen molar-refractivity contribution in [1.82, 2.24) is 0 Å². The molecule has 2 aliphatic carbocycles. The number of ether oxygens (including phenoxy) is 1. The van der Waals surface area contributed by atoms with Crippen LogP contribution in [0.15, 0.2) is 25.3 Å². The van der Waals surface area contributed by atoms with Gasteiger partial charge in [0, 0.05) is 7.11 Å². The number of rotatable bonds is 6. The van der Waals surface area contributed by atoms with E-state index in [1.54, 1.807) is 0 Å². The molecule has 0 spiro atoms. The van der Waals surface area contributed by atoms with Crippen LogP contribution in [0.5, 0.6) is 0 Å². The van der Waals surface area contributed by atoms with E-state index in [0.717, 1.165) is 23.7 Å². The highest BCUT2D eigenvalue weighted by atomic mass is 16.5. The lowest BCUT2D eigenvalue weighted by atomic mass is 9.66. The van der Waals surface area contributed by atoms with Gasteiger partial charge < -0.3 is 4.74 Å². The fourth-order valence-corrected chi connectivity index (χ4v) is 4.52. The second-order valence-electron chi connectivity index (χ2n) is 6.87. The number of hydrogen-bond acceptors (Lipinski definition) is 1. The molecule has 114 valence electrons. The molecule has 0 amide bonds. The normalized spacial score (nSPS) is 36.2. The van der Waals surface area contributed by atoms with Crippen LogP contribution < -0.4 is 0 Å². The maximum atomic E-state index is 5.52. The molecule has 0 radical (unpaired) electrons. The van der Waals surface area contributed by atoms with Crippen LogP contribution in [0, 0.1) is 23.7 Å². The SMILES string of the molecule is C=CCC(C1CCC(C=C)CC1)[C@H]1CC[C@H](OC)CC1. The molecular weight excluding hydrogens is 244 g/mol. The number of hydrogen-bond donors (Lipinski definition) is 0. The highest BCUT2D eigenvalue weighted by Gasteiger charge is 2.33. The van der Waals surface area contributed by atoms with E-state index in [2.05, 4.69) is 25.3 Å². The first-order chi connectivity index (χ1) is 9.78. The van der Waals surface area contributed by atoms with Crippen molar-refractivity contribution in [2.75, 3.05) is 7.11 Å². The Bertz CT molecular complexity index is 293. The largest absolute Gasteiger partial charge is 0.381 e. The summed E-state index contributed by atoms with van der Waals surface area (Å²) >= 11 is 0. The summed E-state index contributed by atoms with van der Waals surface area (Å²) < 4.78 is 5.52. The fourth-order valence-electron chi connectivity index (χ4n) is 4.52. The van der Waals surface area contributed by atoms with Gasteiger partial charge in [-0.15, -0.1) is 13.2 Å². The van der Waals surface area contributed by atoms with Crippen LogP contribution in [-0.4, -0.2) is 13.2 Å². The zero-order valence-corrected chi connectivity index (χ0v) is 13.2. The highest BCUT2D eigenvalue weighted by molar-refractivity contribution is 4.91. The average molecular weight is 276 g/mol. The second kappa shape index (κ2) is 8.02. The third-order valence-corrected chi connectivity index (χ3v) is 5.85. The fraction of sp³-hybridized carbons (Fsp3) is 0.789. The van der Waals surface area contributed by atoms with Gasteiger partial charge >= 0.3 is 0 Å². The second-order valence-corrected chi connectivity index (χ2v) is 6.87. The van der Waals surface area contributed by atoms with Gasteiger partial charge in [0.2, 0.25) is 0 Å². The molecular formula is C19H32O. The maximum absolute atomic E-state index is 5.52. The molecule has 2 saturated carbocycles. The summed E-state index contributed by atoms with van der Waals surface area (Å²) in [5, 5.41) is 0. The van der Waals surface area contributed by atoms with Crippen molar-refractivity contribution < 1.29 is 4.74 Å². The predicted octanol–water partition coefficient (Wildman–Crippen LogP) is 5.38. The first-order valence-electron chi connectivity index (χ1n) is 8.54. The third-order valence-electron chi connectivity index (χ3n) is 5.85. The van der Waals surface area contributed by atoms with Crippen LogP contribution >= 0.6 is 0 Å². The van der Waals surface area contributed by atoms with Crippen LogP contribution in [0.3, 0.4) is 0 Å². The van der Waals surface area contributed by atoms with Crippen molar-refractivity contribution in [2.24, 2.45) is 23.7 Å². The van der Waals surface area contributed by atoms with E-state index in [-0.39, 0.29) is 0 Å². The van der Waals surface area contributed by atoms with E-state index in [4.69, 9.17) is 4.74 Å². The van der Waals surface area contributed by atoms with Gasteiger partial charge in [0.25, 0.3) is 0 Å². The van der Waals surface area contributed by atoms with Gasteiger partial charge in [-0.1, -0.05) is 12.2 Å². The Morgan fingerprint density at radius 1 is 0.950 bits per heavy atom. The van der Waals surface area contributed by atoms with Gasteiger partial charge in [-0.2, -0.15) is 0 Å². The molecule has 0 aromatic carbocycles. The molecule has 1 heteroatoms. The van der Waals surface area contributed by atoms with Crippen molar-refractivity contribution in [3.8, 4) is 0 Å². The molecule has 0 heterocycles. The Kier molecular flexibility index (Phi) is 6.35. The summed E-state index contributed by atoms with van der Waals surface area (Å²) in [6.45, 7) is 7.98. The van der Waals surface area contributed by atoms with Gasteiger partial charge in [-0.3, -0.25) is 0 Å². The van der Waals surface area contributed by atoms with E-state index in [1.165, 1.54) is 57.8 Å². The van der Waals surface area contributed by atoms with Gasteiger partial charge in [-0.25, -0.2) is 0 Å². The molecule has 0 saturated heterocycles. The summed E-state index contributed by atoms with van der Waals surface area (Å²) in [5.41, 5.74) is 0. The summed E-state index contributed by atoms with van der Waals surface area (Å²) in [5.74, 6) is 3.48. The summed E-state index contributed by atoms with van der Waals surface area (Å²) in [6.07, 6.45) is 16.8. The van der Waals surface area contributed by atoms with Gasteiger partial charge in [0.1, 0.15) is 0 Å². The molecule has 2 fully saturated rings. The van der Waals surface area contributed by atoms with E-state index in [0.29, 0.717) is 6.10 Å². The van der Waals surface area contributed by atoms with E-state index < -0.39 is 0 Å². The van der Waals surface area contributed by atoms with Gasteiger partial charge in [0.15, 0.2) is 0 Å². The van der Waals surface area contributed by atoms with Crippen LogP contribution in [-0.2, 0) is 4.74 Å². The molecule has 1 atom stereocenters. The van der Waals surface area contributed by atoms with Crippen molar-refractivity contribution in [3.05, 3.63) is 25.3 Å². The zero-order valence-electron chi connectivity index (χ0n) is 13.2. The average Bonchev–Trinajstić information content (AvgIpc) is 2.53. The number of allylic oxidation sites excluding steroid dienone is 2. The topological polar surface area (TPSA) is 9.23 Å². The van der Waals surface area contributed by atoms with Crippen molar-refractivity contribution in [3.63, 3.8) is 0 Å². The summed E-state index contributed by atoms with van der Waals surface area (Å²) in [6, 6.07) is 0. The minimum absolute atomic E-state index is 0.520. The van der Waals surface area contributed by atoms with Gasteiger partial charge in [0.05, 0.1) is 6.10 Å². The first kappa shape index (κ1) is 15.8. The molecule has 0 N–H and O–H groups in total. The molecule has 0 bridgehead atoms. The van der Waals surface area contributed by atoms with Crippen molar-refractivity contribution in [2.45, 2.75) is 63.9 Å². The Balaban J connectivity index is 1.90. The van der Waals surface area contributed by atoms with Gasteiger partial charge in [-0.05, 0) is 81.5 Å². The molecule has 0 aromatic rings. The summed E-state index contributed by atoms with van der Waals surface area (Å²) in [4.78, 5) is 0. The zero-order chi connectivity index (χ0) is 14.4. The minimum atomic E-state index is 0.520. The third kappa shape index (κ3) is 3.97. The highest BCUT2D eigenvalue weighted by Crippen LogP contribution is 2.43. The molecule has 1 unspecified atom stereocenters. The molecule has 2 rings (SSSR count). The molecule has 2 aliphatic rings. The van der Waals surface area contributed by atoms with Crippen molar-refractivity contribution >= 4 is 0 Å². The molecule has 20 heavy (non-hydrogen) atoms. The first-order valence-corrected chi connectivity index (χ1v) is 8.54. The van der Waals surface area contributed by atoms with E-state index in [1.807, 2.05) is 7.11 Å². The molecule has 1 nitrogen and oxygen atoms in total. The minimum Gasteiger partial charge on any atom is -0.381 e. The smallest absolute Gasteiger partial charge is 0.0571 e. The molecule has 0 aliphatic heterocycles.